The molecular formula is C12H23N5O2. The zero-order valence-electron chi connectivity index (χ0n) is 11.8. The number of anilines is 2. The Morgan fingerprint density at radius 3 is 2.42 bits per heavy atom. The van der Waals surface area contributed by atoms with E-state index in [0.717, 1.165) is 13.0 Å². The third-order valence-corrected chi connectivity index (χ3v) is 2.23. The zero-order valence-corrected chi connectivity index (χ0v) is 11.8. The number of aliphatic hydroxyl groups is 1. The SMILES string of the molecule is CCCOc1nc(NCC)nc(NCCC(C)O)n1. The maximum Gasteiger partial charge on any atom is 0.323 e. The van der Waals surface area contributed by atoms with Gasteiger partial charge >= 0.3 is 6.01 Å². The van der Waals surface area contributed by atoms with Crippen LogP contribution >= 0.6 is 0 Å². The summed E-state index contributed by atoms with van der Waals surface area (Å²) in [6.45, 7) is 7.63. The molecule has 0 aliphatic rings. The van der Waals surface area contributed by atoms with Crippen molar-refractivity contribution in [3.8, 4) is 6.01 Å². The van der Waals surface area contributed by atoms with Crippen molar-refractivity contribution < 1.29 is 9.84 Å². The Morgan fingerprint density at radius 1 is 1.16 bits per heavy atom. The van der Waals surface area contributed by atoms with Gasteiger partial charge in [0.15, 0.2) is 0 Å². The summed E-state index contributed by atoms with van der Waals surface area (Å²) in [5.74, 6) is 0.945. The number of hydrogen-bond acceptors (Lipinski definition) is 7. The molecule has 0 radical (unpaired) electrons. The maximum atomic E-state index is 9.21. The molecule has 0 saturated heterocycles. The summed E-state index contributed by atoms with van der Waals surface area (Å²) in [5, 5.41) is 15.3. The van der Waals surface area contributed by atoms with Crippen LogP contribution in [0.1, 0.15) is 33.6 Å². The zero-order chi connectivity index (χ0) is 14.1. The highest BCUT2D eigenvalue weighted by molar-refractivity contribution is 5.35. The summed E-state index contributed by atoms with van der Waals surface area (Å²) in [5.41, 5.74) is 0. The van der Waals surface area contributed by atoms with Gasteiger partial charge in [0.25, 0.3) is 0 Å². The molecule has 1 rings (SSSR count). The van der Waals surface area contributed by atoms with Gasteiger partial charge in [-0.3, -0.25) is 0 Å². The normalized spacial score (nSPS) is 12.0. The van der Waals surface area contributed by atoms with Crippen molar-refractivity contribution in [2.24, 2.45) is 0 Å². The highest BCUT2D eigenvalue weighted by atomic mass is 16.5. The third-order valence-electron chi connectivity index (χ3n) is 2.23. The Kier molecular flexibility index (Phi) is 6.88. The standard InChI is InChI=1S/C12H23N5O2/c1-4-8-19-12-16-10(13-5-2)15-11(17-12)14-7-6-9(3)18/h9,18H,4-8H2,1-3H3,(H2,13,14,15,16,17). The van der Waals surface area contributed by atoms with E-state index in [1.807, 2.05) is 13.8 Å². The Morgan fingerprint density at radius 2 is 1.84 bits per heavy atom. The minimum Gasteiger partial charge on any atom is -0.463 e. The topological polar surface area (TPSA) is 92.2 Å². The van der Waals surface area contributed by atoms with Gasteiger partial charge in [-0.05, 0) is 26.7 Å². The maximum absolute atomic E-state index is 9.21. The van der Waals surface area contributed by atoms with Crippen LogP contribution in [0.15, 0.2) is 0 Å². The fraction of sp³-hybridized carbons (Fsp3) is 0.750. The van der Waals surface area contributed by atoms with Crippen molar-refractivity contribution in [3.05, 3.63) is 0 Å². The molecule has 108 valence electrons. The van der Waals surface area contributed by atoms with Crippen molar-refractivity contribution in [3.63, 3.8) is 0 Å². The molecule has 7 heteroatoms. The van der Waals surface area contributed by atoms with Crippen molar-refractivity contribution in [1.82, 2.24) is 15.0 Å². The summed E-state index contributed by atoms with van der Waals surface area (Å²) >= 11 is 0. The van der Waals surface area contributed by atoms with Gasteiger partial charge in [-0.15, -0.1) is 0 Å². The Labute approximate surface area is 113 Å². The van der Waals surface area contributed by atoms with Gasteiger partial charge in [-0.25, -0.2) is 0 Å². The summed E-state index contributed by atoms with van der Waals surface area (Å²) in [4.78, 5) is 12.6. The van der Waals surface area contributed by atoms with Crippen LogP contribution in [0, 0.1) is 0 Å². The van der Waals surface area contributed by atoms with Gasteiger partial charge in [0.2, 0.25) is 11.9 Å². The number of aromatic nitrogens is 3. The Balaban J connectivity index is 2.68. The van der Waals surface area contributed by atoms with Crippen LogP contribution in [-0.2, 0) is 0 Å². The van der Waals surface area contributed by atoms with Gasteiger partial charge in [0.1, 0.15) is 0 Å². The summed E-state index contributed by atoms with van der Waals surface area (Å²) < 4.78 is 5.42. The second-order valence-corrected chi connectivity index (χ2v) is 4.21. The molecule has 7 nitrogen and oxygen atoms in total. The second kappa shape index (κ2) is 8.47. The van der Waals surface area contributed by atoms with E-state index in [0.29, 0.717) is 37.5 Å². The number of ether oxygens (including phenoxy) is 1. The summed E-state index contributed by atoms with van der Waals surface area (Å²) in [6.07, 6.45) is 1.18. The molecule has 3 N–H and O–H groups in total. The third kappa shape index (κ3) is 6.19. The number of rotatable bonds is 9. The number of hydrogen-bond donors (Lipinski definition) is 3. The molecule has 1 aromatic rings. The van der Waals surface area contributed by atoms with Crippen molar-refractivity contribution >= 4 is 11.9 Å². The lowest BCUT2D eigenvalue weighted by Gasteiger charge is -2.10. The first-order valence-corrected chi connectivity index (χ1v) is 6.70. The monoisotopic (exact) mass is 269 g/mol. The van der Waals surface area contributed by atoms with Crippen LogP contribution in [-0.4, -0.2) is 45.9 Å². The van der Waals surface area contributed by atoms with E-state index >= 15 is 0 Å². The van der Waals surface area contributed by atoms with Crippen LogP contribution in [0.5, 0.6) is 6.01 Å². The number of nitrogens with zero attached hydrogens (tertiary/aromatic N) is 3. The van der Waals surface area contributed by atoms with E-state index < -0.39 is 0 Å². The van der Waals surface area contributed by atoms with Crippen molar-refractivity contribution in [1.29, 1.82) is 0 Å². The average Bonchev–Trinajstić information content (AvgIpc) is 2.36. The highest BCUT2D eigenvalue weighted by Crippen LogP contribution is 2.11. The molecule has 1 heterocycles. The van der Waals surface area contributed by atoms with Gasteiger partial charge in [0, 0.05) is 13.1 Å². The summed E-state index contributed by atoms with van der Waals surface area (Å²) in [6, 6.07) is 0.312. The van der Waals surface area contributed by atoms with Crippen molar-refractivity contribution in [2.45, 2.75) is 39.7 Å². The predicted molar refractivity (Wildman–Crippen MR) is 74.6 cm³/mol. The van der Waals surface area contributed by atoms with Gasteiger partial charge < -0.3 is 20.5 Å². The molecule has 0 aliphatic heterocycles. The van der Waals surface area contributed by atoms with Crippen LogP contribution in [0.25, 0.3) is 0 Å². The first-order chi connectivity index (χ1) is 9.15. The van der Waals surface area contributed by atoms with Crippen molar-refractivity contribution in [2.75, 3.05) is 30.3 Å². The first kappa shape index (κ1) is 15.4. The smallest absolute Gasteiger partial charge is 0.323 e. The number of aliphatic hydroxyl groups excluding tert-OH is 1. The van der Waals surface area contributed by atoms with Gasteiger partial charge in [-0.2, -0.15) is 15.0 Å². The molecule has 1 atom stereocenters. The minimum atomic E-state index is -0.349. The molecular weight excluding hydrogens is 246 g/mol. The second-order valence-electron chi connectivity index (χ2n) is 4.21. The molecule has 0 bridgehead atoms. The van der Waals surface area contributed by atoms with E-state index in [-0.39, 0.29) is 6.10 Å². The van der Waals surface area contributed by atoms with Crippen LogP contribution < -0.4 is 15.4 Å². The molecule has 1 aromatic heterocycles. The highest BCUT2D eigenvalue weighted by Gasteiger charge is 2.07. The van der Waals surface area contributed by atoms with Gasteiger partial charge in [0.05, 0.1) is 12.7 Å². The van der Waals surface area contributed by atoms with Gasteiger partial charge in [-0.1, -0.05) is 6.92 Å². The Hall–Kier alpha value is -1.63. The first-order valence-electron chi connectivity index (χ1n) is 6.70. The fourth-order valence-electron chi connectivity index (χ4n) is 1.32. The predicted octanol–water partition coefficient (Wildman–Crippen LogP) is 1.27. The molecule has 0 amide bonds. The molecule has 0 saturated carbocycles. The van der Waals surface area contributed by atoms with E-state index in [1.54, 1.807) is 6.92 Å². The molecule has 0 fully saturated rings. The van der Waals surface area contributed by atoms with E-state index in [1.165, 1.54) is 0 Å². The fourth-order valence-corrected chi connectivity index (χ4v) is 1.32. The number of nitrogens with one attached hydrogen (secondary N) is 2. The molecule has 1 unspecified atom stereocenters. The molecule has 0 aromatic carbocycles. The molecule has 0 spiro atoms. The van der Waals surface area contributed by atoms with Crippen LogP contribution in [0.3, 0.4) is 0 Å². The van der Waals surface area contributed by atoms with Crippen LogP contribution in [0.4, 0.5) is 11.9 Å². The molecule has 19 heavy (non-hydrogen) atoms. The van der Waals surface area contributed by atoms with Crippen LogP contribution in [0.2, 0.25) is 0 Å². The van der Waals surface area contributed by atoms with E-state index in [4.69, 9.17) is 4.74 Å². The van der Waals surface area contributed by atoms with E-state index in [9.17, 15) is 5.11 Å². The molecule has 0 aliphatic carbocycles. The lowest BCUT2D eigenvalue weighted by Crippen LogP contribution is -2.14. The lowest BCUT2D eigenvalue weighted by molar-refractivity contribution is 0.188. The summed E-state index contributed by atoms with van der Waals surface area (Å²) in [7, 11) is 0. The largest absolute Gasteiger partial charge is 0.463 e. The minimum absolute atomic E-state index is 0.312. The average molecular weight is 269 g/mol. The van der Waals surface area contributed by atoms with E-state index in [2.05, 4.69) is 25.6 Å². The lowest BCUT2D eigenvalue weighted by atomic mass is 10.3. The Bertz CT molecular complexity index is 373. The quantitative estimate of drug-likeness (QED) is 0.621.